The highest BCUT2D eigenvalue weighted by atomic mass is 19.1. The third-order valence-electron chi connectivity index (χ3n) is 5.73. The van der Waals surface area contributed by atoms with Crippen LogP contribution in [-0.2, 0) is 20.9 Å². The van der Waals surface area contributed by atoms with Crippen molar-refractivity contribution in [1.82, 2.24) is 9.80 Å². The summed E-state index contributed by atoms with van der Waals surface area (Å²) in [6.07, 6.45) is -0.0597. The zero-order valence-electron chi connectivity index (χ0n) is 17.0. The second-order valence-corrected chi connectivity index (χ2v) is 8.13. The fraction of sp³-hybridized carbons (Fsp3) is 0.391. The molecule has 2 saturated heterocycles. The van der Waals surface area contributed by atoms with Crippen molar-refractivity contribution in [3.8, 4) is 0 Å². The fourth-order valence-corrected chi connectivity index (χ4v) is 4.28. The van der Waals surface area contributed by atoms with E-state index in [2.05, 4.69) is 22.3 Å². The van der Waals surface area contributed by atoms with Crippen molar-refractivity contribution in [3.63, 3.8) is 0 Å². The van der Waals surface area contributed by atoms with Gasteiger partial charge >= 0.3 is 0 Å². The lowest BCUT2D eigenvalue weighted by atomic mass is 9.98. The highest BCUT2D eigenvalue weighted by Gasteiger charge is 2.48. The summed E-state index contributed by atoms with van der Waals surface area (Å²) in [5, 5.41) is 2.71. The topological polar surface area (TPSA) is 61.9 Å². The van der Waals surface area contributed by atoms with Crippen LogP contribution in [0.2, 0.25) is 0 Å². The van der Waals surface area contributed by atoms with Crippen molar-refractivity contribution in [2.45, 2.75) is 31.6 Å². The van der Waals surface area contributed by atoms with Gasteiger partial charge in [0.1, 0.15) is 11.4 Å². The molecule has 2 aromatic rings. The first-order chi connectivity index (χ1) is 14.4. The van der Waals surface area contributed by atoms with E-state index < -0.39 is 17.5 Å². The molecule has 30 heavy (non-hydrogen) atoms. The SMILES string of the molecule is CC(=O)N1C[C@@H](C(=O)Nc2cccc(F)c2)O[C@]2(CCN(Cc3ccccc3)C2)C1. The first kappa shape index (κ1) is 20.5. The summed E-state index contributed by atoms with van der Waals surface area (Å²) in [6, 6.07) is 15.9. The van der Waals surface area contributed by atoms with Crippen molar-refractivity contribution in [1.29, 1.82) is 0 Å². The number of nitrogens with one attached hydrogen (secondary N) is 1. The number of nitrogens with zero attached hydrogens (tertiary/aromatic N) is 2. The van der Waals surface area contributed by atoms with Crippen molar-refractivity contribution < 1.29 is 18.7 Å². The first-order valence-corrected chi connectivity index (χ1v) is 10.2. The van der Waals surface area contributed by atoms with E-state index in [1.54, 1.807) is 11.0 Å². The summed E-state index contributed by atoms with van der Waals surface area (Å²) in [7, 11) is 0. The standard InChI is InChI=1S/C23H26FN3O3/c1-17(28)27-14-21(22(29)25-20-9-5-8-19(24)12-20)30-23(16-27)10-11-26(15-23)13-18-6-3-2-4-7-18/h2-9,12,21H,10-11,13-16H2,1H3,(H,25,29)/t21-,23-/m0/s1. The number of likely N-dealkylation sites (tertiary alicyclic amines) is 1. The smallest absolute Gasteiger partial charge is 0.255 e. The molecule has 0 bridgehead atoms. The number of hydrogen-bond donors (Lipinski definition) is 1. The summed E-state index contributed by atoms with van der Waals surface area (Å²) in [5.41, 5.74) is 1.01. The van der Waals surface area contributed by atoms with Crippen molar-refractivity contribution >= 4 is 17.5 Å². The lowest BCUT2D eigenvalue weighted by Gasteiger charge is -2.43. The molecule has 0 aliphatic carbocycles. The maximum atomic E-state index is 13.4. The number of hydrogen-bond acceptors (Lipinski definition) is 4. The first-order valence-electron chi connectivity index (χ1n) is 10.2. The van der Waals surface area contributed by atoms with Crippen LogP contribution in [-0.4, -0.2) is 59.5 Å². The van der Waals surface area contributed by atoms with E-state index in [9.17, 15) is 14.0 Å². The maximum absolute atomic E-state index is 13.4. The molecule has 0 saturated carbocycles. The molecular formula is C23H26FN3O3. The number of benzene rings is 2. The Balaban J connectivity index is 1.47. The highest BCUT2D eigenvalue weighted by Crippen LogP contribution is 2.33. The van der Waals surface area contributed by atoms with Crippen LogP contribution in [0.4, 0.5) is 10.1 Å². The van der Waals surface area contributed by atoms with Crippen molar-refractivity contribution in [2.24, 2.45) is 0 Å². The van der Waals surface area contributed by atoms with Gasteiger partial charge in [0.05, 0.1) is 13.1 Å². The number of halogens is 1. The number of ether oxygens (including phenoxy) is 1. The van der Waals surface area contributed by atoms with Crippen LogP contribution in [0, 0.1) is 5.82 Å². The van der Waals surface area contributed by atoms with Crippen LogP contribution in [0.1, 0.15) is 18.9 Å². The summed E-state index contributed by atoms with van der Waals surface area (Å²) in [4.78, 5) is 29.0. The van der Waals surface area contributed by atoms with Gasteiger partial charge in [-0.2, -0.15) is 0 Å². The molecule has 2 atom stereocenters. The molecule has 2 aliphatic heterocycles. The van der Waals surface area contributed by atoms with Crippen LogP contribution >= 0.6 is 0 Å². The number of morpholine rings is 1. The summed E-state index contributed by atoms with van der Waals surface area (Å²) < 4.78 is 19.8. The Hall–Kier alpha value is -2.77. The maximum Gasteiger partial charge on any atom is 0.255 e. The van der Waals surface area contributed by atoms with Crippen molar-refractivity contribution in [2.75, 3.05) is 31.5 Å². The molecule has 2 fully saturated rings. The Morgan fingerprint density at radius 3 is 2.70 bits per heavy atom. The van der Waals surface area contributed by atoms with E-state index >= 15 is 0 Å². The monoisotopic (exact) mass is 411 g/mol. The molecule has 1 spiro atoms. The second kappa shape index (κ2) is 8.53. The Morgan fingerprint density at radius 1 is 1.17 bits per heavy atom. The zero-order chi connectivity index (χ0) is 21.1. The average molecular weight is 411 g/mol. The lowest BCUT2D eigenvalue weighted by Crippen LogP contribution is -2.60. The van der Waals surface area contributed by atoms with Crippen LogP contribution in [0.15, 0.2) is 54.6 Å². The van der Waals surface area contributed by atoms with E-state index in [0.29, 0.717) is 18.8 Å². The zero-order valence-corrected chi connectivity index (χ0v) is 17.0. The van der Waals surface area contributed by atoms with Crippen LogP contribution in [0.3, 0.4) is 0 Å². The summed E-state index contributed by atoms with van der Waals surface area (Å²) >= 11 is 0. The number of carbonyl (C=O) groups is 2. The van der Waals surface area contributed by atoms with Gasteiger partial charge in [-0.3, -0.25) is 14.5 Å². The number of rotatable bonds is 4. The predicted octanol–water partition coefficient (Wildman–Crippen LogP) is 2.66. The van der Waals surface area contributed by atoms with Gasteiger partial charge in [0.15, 0.2) is 6.10 Å². The minimum absolute atomic E-state index is 0.0808. The molecule has 158 valence electrons. The van der Waals surface area contributed by atoms with Gasteiger partial charge in [0.2, 0.25) is 5.91 Å². The molecule has 0 radical (unpaired) electrons. The second-order valence-electron chi connectivity index (χ2n) is 8.13. The van der Waals surface area contributed by atoms with Gasteiger partial charge in [0, 0.05) is 32.2 Å². The quantitative estimate of drug-likeness (QED) is 0.840. The molecule has 0 unspecified atom stereocenters. The van der Waals surface area contributed by atoms with E-state index in [1.807, 2.05) is 18.2 Å². The Kier molecular flexibility index (Phi) is 5.83. The van der Waals surface area contributed by atoms with Crippen molar-refractivity contribution in [3.05, 3.63) is 66.0 Å². The molecule has 2 heterocycles. The van der Waals surface area contributed by atoms with E-state index in [0.717, 1.165) is 19.5 Å². The number of anilines is 1. The molecule has 6 nitrogen and oxygen atoms in total. The van der Waals surface area contributed by atoms with E-state index in [4.69, 9.17) is 4.74 Å². The highest BCUT2D eigenvalue weighted by molar-refractivity contribution is 5.94. The lowest BCUT2D eigenvalue weighted by molar-refractivity contribution is -0.171. The number of amides is 2. The largest absolute Gasteiger partial charge is 0.357 e. The molecule has 2 aromatic carbocycles. The van der Waals surface area contributed by atoms with E-state index in [1.165, 1.54) is 30.7 Å². The molecule has 2 amide bonds. The summed E-state index contributed by atoms with van der Waals surface area (Å²) in [6.45, 7) is 4.45. The summed E-state index contributed by atoms with van der Waals surface area (Å²) in [5.74, 6) is -0.873. The third-order valence-corrected chi connectivity index (χ3v) is 5.73. The molecule has 1 N–H and O–H groups in total. The van der Waals surface area contributed by atoms with Gasteiger partial charge in [-0.05, 0) is 30.2 Å². The normalized spacial score (nSPS) is 24.2. The van der Waals surface area contributed by atoms with Gasteiger partial charge in [0.25, 0.3) is 5.91 Å². The van der Waals surface area contributed by atoms with Crippen LogP contribution in [0.5, 0.6) is 0 Å². The Bertz CT molecular complexity index is 923. The van der Waals surface area contributed by atoms with Crippen LogP contribution in [0.25, 0.3) is 0 Å². The molecule has 7 heteroatoms. The third kappa shape index (κ3) is 4.68. The van der Waals surface area contributed by atoms with Gasteiger partial charge < -0.3 is 15.0 Å². The predicted molar refractivity (Wildman–Crippen MR) is 111 cm³/mol. The molecule has 2 aliphatic rings. The molecule has 4 rings (SSSR count). The van der Waals surface area contributed by atoms with Gasteiger partial charge in [-0.1, -0.05) is 36.4 Å². The molecular weight excluding hydrogens is 385 g/mol. The molecule has 0 aromatic heterocycles. The van der Waals surface area contributed by atoms with Gasteiger partial charge in [-0.25, -0.2) is 4.39 Å². The number of carbonyl (C=O) groups excluding carboxylic acids is 2. The van der Waals surface area contributed by atoms with Crippen LogP contribution < -0.4 is 5.32 Å². The van der Waals surface area contributed by atoms with E-state index in [-0.39, 0.29) is 18.4 Å². The van der Waals surface area contributed by atoms with Gasteiger partial charge in [-0.15, -0.1) is 0 Å². The average Bonchev–Trinajstić information content (AvgIpc) is 3.09. The fourth-order valence-electron chi connectivity index (χ4n) is 4.28. The Morgan fingerprint density at radius 2 is 1.97 bits per heavy atom. The Labute approximate surface area is 175 Å². The minimum atomic E-state index is -0.803. The minimum Gasteiger partial charge on any atom is -0.357 e.